The van der Waals surface area contributed by atoms with Crippen molar-refractivity contribution in [3.8, 4) is 0 Å². The molecule has 0 atom stereocenters. The van der Waals surface area contributed by atoms with Gasteiger partial charge < -0.3 is 0 Å². The Morgan fingerprint density at radius 2 is 1.65 bits per heavy atom. The Morgan fingerprint density at radius 1 is 1.05 bits per heavy atom. The molecule has 0 saturated heterocycles. The van der Waals surface area contributed by atoms with Crippen LogP contribution in [0.15, 0.2) is 62.5 Å². The van der Waals surface area contributed by atoms with E-state index in [1.165, 1.54) is 18.2 Å². The SMILES string of the molecule is O=C(C=Cc1ccccc1)N=C1C=C(Br)C(=O)C(Br)=C1. The van der Waals surface area contributed by atoms with E-state index in [0.29, 0.717) is 14.7 Å². The molecule has 0 aliphatic heterocycles. The molecule has 2 rings (SSSR count). The summed E-state index contributed by atoms with van der Waals surface area (Å²) in [6.45, 7) is 0. The number of amides is 1. The predicted molar refractivity (Wildman–Crippen MR) is 86.9 cm³/mol. The average molecular weight is 395 g/mol. The monoisotopic (exact) mass is 393 g/mol. The highest BCUT2D eigenvalue weighted by Crippen LogP contribution is 2.22. The minimum atomic E-state index is -0.383. The number of rotatable bonds is 2. The molecule has 1 aliphatic rings. The Kier molecular flexibility index (Phi) is 4.98. The van der Waals surface area contributed by atoms with Crippen molar-refractivity contribution in [2.75, 3.05) is 0 Å². The van der Waals surface area contributed by atoms with Gasteiger partial charge in [0, 0.05) is 6.08 Å². The zero-order valence-corrected chi connectivity index (χ0v) is 13.4. The number of nitrogens with zero attached hydrogens (tertiary/aromatic N) is 1. The normalized spacial score (nSPS) is 15.1. The van der Waals surface area contributed by atoms with Gasteiger partial charge in [-0.15, -0.1) is 0 Å². The van der Waals surface area contributed by atoms with E-state index in [2.05, 4.69) is 36.9 Å². The lowest BCUT2D eigenvalue weighted by Gasteiger charge is -2.05. The first-order valence-corrected chi connectivity index (χ1v) is 7.30. The molecule has 1 aromatic rings. The zero-order valence-electron chi connectivity index (χ0n) is 10.2. The summed E-state index contributed by atoms with van der Waals surface area (Å²) >= 11 is 6.26. The van der Waals surface area contributed by atoms with Gasteiger partial charge in [0.15, 0.2) is 0 Å². The number of benzene rings is 1. The minimum absolute atomic E-state index is 0.170. The molecular weight excluding hydrogens is 386 g/mol. The quantitative estimate of drug-likeness (QED) is 0.565. The summed E-state index contributed by atoms with van der Waals surface area (Å²) in [5, 5.41) is 0. The summed E-state index contributed by atoms with van der Waals surface area (Å²) in [6, 6.07) is 9.47. The number of halogens is 2. The average Bonchev–Trinajstić information content (AvgIpc) is 2.43. The number of hydrogen-bond donors (Lipinski definition) is 0. The fourth-order valence-corrected chi connectivity index (χ4v) is 2.67. The number of hydrogen-bond acceptors (Lipinski definition) is 2. The van der Waals surface area contributed by atoms with E-state index in [1.54, 1.807) is 6.08 Å². The van der Waals surface area contributed by atoms with Gasteiger partial charge in [0.05, 0.1) is 14.7 Å². The van der Waals surface area contributed by atoms with Crippen molar-refractivity contribution in [2.45, 2.75) is 0 Å². The molecule has 1 amide bonds. The van der Waals surface area contributed by atoms with Crippen LogP contribution in [0.1, 0.15) is 5.56 Å². The van der Waals surface area contributed by atoms with Crippen molar-refractivity contribution < 1.29 is 9.59 Å². The molecule has 20 heavy (non-hydrogen) atoms. The molecule has 1 aliphatic carbocycles. The maximum Gasteiger partial charge on any atom is 0.270 e. The highest BCUT2D eigenvalue weighted by Gasteiger charge is 2.16. The van der Waals surface area contributed by atoms with Gasteiger partial charge in [0.1, 0.15) is 0 Å². The number of allylic oxidation sites excluding steroid dienone is 4. The third kappa shape index (κ3) is 3.95. The van der Waals surface area contributed by atoms with E-state index in [9.17, 15) is 9.59 Å². The lowest BCUT2D eigenvalue weighted by Crippen LogP contribution is -2.08. The molecular formula is C15H9Br2NO2. The molecule has 0 aromatic heterocycles. The van der Waals surface area contributed by atoms with Gasteiger partial charge in [0.2, 0.25) is 5.78 Å². The van der Waals surface area contributed by atoms with E-state index in [1.807, 2.05) is 30.3 Å². The van der Waals surface area contributed by atoms with E-state index in [0.717, 1.165) is 5.56 Å². The smallest absolute Gasteiger partial charge is 0.270 e. The molecule has 3 nitrogen and oxygen atoms in total. The Bertz CT molecular complexity index is 646. The Balaban J connectivity index is 2.14. The number of carbonyl (C=O) groups excluding carboxylic acids is 2. The van der Waals surface area contributed by atoms with Crippen molar-refractivity contribution in [2.24, 2.45) is 4.99 Å². The first-order chi connectivity index (χ1) is 9.56. The van der Waals surface area contributed by atoms with E-state index < -0.39 is 0 Å². The van der Waals surface area contributed by atoms with Gasteiger partial charge in [-0.2, -0.15) is 0 Å². The topological polar surface area (TPSA) is 46.5 Å². The maximum atomic E-state index is 11.7. The largest absolute Gasteiger partial charge is 0.287 e. The lowest BCUT2D eigenvalue weighted by molar-refractivity contribution is -0.113. The van der Waals surface area contributed by atoms with Crippen molar-refractivity contribution >= 4 is 55.3 Å². The predicted octanol–water partition coefficient (Wildman–Crippen LogP) is 3.81. The summed E-state index contributed by atoms with van der Waals surface area (Å²) < 4.78 is 0.732. The van der Waals surface area contributed by atoms with Crippen LogP contribution in [0.3, 0.4) is 0 Å². The van der Waals surface area contributed by atoms with E-state index >= 15 is 0 Å². The van der Waals surface area contributed by atoms with Gasteiger partial charge in [0.25, 0.3) is 5.91 Å². The highest BCUT2D eigenvalue weighted by atomic mass is 79.9. The van der Waals surface area contributed by atoms with Gasteiger partial charge in [-0.1, -0.05) is 30.3 Å². The second kappa shape index (κ2) is 6.72. The van der Waals surface area contributed by atoms with E-state index in [4.69, 9.17) is 0 Å². The second-order valence-corrected chi connectivity index (χ2v) is 5.64. The summed E-state index contributed by atoms with van der Waals surface area (Å²) in [4.78, 5) is 27.1. The van der Waals surface area contributed by atoms with Crippen molar-refractivity contribution in [3.63, 3.8) is 0 Å². The molecule has 0 fully saturated rings. The van der Waals surface area contributed by atoms with Gasteiger partial charge in [-0.05, 0) is 55.7 Å². The van der Waals surface area contributed by atoms with Crippen LogP contribution in [0, 0.1) is 0 Å². The van der Waals surface area contributed by atoms with Gasteiger partial charge in [-0.25, -0.2) is 4.99 Å². The molecule has 0 radical (unpaired) electrons. The number of Topliss-reactive ketones (excluding diaryl/α,β-unsaturated/α-hetero) is 1. The summed E-state index contributed by atoms with van der Waals surface area (Å²) in [7, 11) is 0. The first kappa shape index (κ1) is 14.8. The molecule has 0 bridgehead atoms. The molecule has 0 N–H and O–H groups in total. The van der Waals surface area contributed by atoms with Crippen molar-refractivity contribution in [1.29, 1.82) is 0 Å². The third-order valence-corrected chi connectivity index (χ3v) is 3.62. The van der Waals surface area contributed by atoms with E-state index in [-0.39, 0.29) is 11.7 Å². The third-order valence-electron chi connectivity index (χ3n) is 2.44. The first-order valence-electron chi connectivity index (χ1n) is 5.71. The Morgan fingerprint density at radius 3 is 2.25 bits per heavy atom. The molecule has 0 spiro atoms. The summed E-state index contributed by atoms with van der Waals surface area (Å²) in [5.41, 5.74) is 1.35. The highest BCUT2D eigenvalue weighted by molar-refractivity contribution is 9.13. The fourth-order valence-electron chi connectivity index (χ4n) is 1.51. The fraction of sp³-hybridized carbons (Fsp3) is 0. The zero-order chi connectivity index (χ0) is 14.5. The lowest BCUT2D eigenvalue weighted by atomic mass is 10.1. The van der Waals surface area contributed by atoms with Crippen LogP contribution >= 0.6 is 31.9 Å². The summed E-state index contributed by atoms with van der Waals surface area (Å²) in [6.07, 6.45) is 6.11. The number of aliphatic imine (C=N–C) groups is 1. The number of ketones is 1. The van der Waals surface area contributed by atoms with Crippen LogP contribution in [0.25, 0.3) is 6.08 Å². The second-order valence-electron chi connectivity index (χ2n) is 3.93. The molecule has 0 saturated carbocycles. The molecule has 5 heteroatoms. The van der Waals surface area contributed by atoms with Gasteiger partial charge >= 0.3 is 0 Å². The molecule has 0 unspecified atom stereocenters. The molecule has 0 heterocycles. The Labute approximate surface area is 133 Å². The van der Waals surface area contributed by atoms with Gasteiger partial charge in [-0.3, -0.25) is 9.59 Å². The summed E-state index contributed by atoms with van der Waals surface area (Å²) in [5.74, 6) is -0.553. The van der Waals surface area contributed by atoms with Crippen molar-refractivity contribution in [3.05, 3.63) is 63.1 Å². The van der Waals surface area contributed by atoms with Crippen molar-refractivity contribution in [1.82, 2.24) is 0 Å². The molecule has 1 aromatic carbocycles. The van der Waals surface area contributed by atoms with Crippen LogP contribution < -0.4 is 0 Å². The Hall–Kier alpha value is -1.59. The number of carbonyl (C=O) groups is 2. The van der Waals surface area contributed by atoms with Crippen LogP contribution in [0.5, 0.6) is 0 Å². The molecule has 100 valence electrons. The maximum absolute atomic E-state index is 11.7. The van der Waals surface area contributed by atoms with Crippen LogP contribution in [0.4, 0.5) is 0 Å². The van der Waals surface area contributed by atoms with Crippen LogP contribution in [0.2, 0.25) is 0 Å². The van der Waals surface area contributed by atoms with Crippen LogP contribution in [-0.2, 0) is 9.59 Å². The van der Waals surface area contributed by atoms with Crippen LogP contribution in [-0.4, -0.2) is 17.4 Å². The standard InChI is InChI=1S/C15H9Br2NO2/c16-12-8-11(9-13(17)15(12)20)18-14(19)7-6-10-4-2-1-3-5-10/h1-9H. The minimum Gasteiger partial charge on any atom is -0.287 e.